The number of H-pyrrole nitrogens is 1. The van der Waals surface area contributed by atoms with Gasteiger partial charge in [-0.1, -0.05) is 73.5 Å². The molecule has 1 saturated heterocycles. The average Bonchev–Trinajstić information content (AvgIpc) is 1.59. The lowest BCUT2D eigenvalue weighted by atomic mass is 9.95. The molecule has 38 heteroatoms. The summed E-state index contributed by atoms with van der Waals surface area (Å²) in [5.41, 5.74) is 2.42. The number of carboxylic acids is 1. The predicted octanol–water partition coefficient (Wildman–Crippen LogP) is 6.91. The minimum absolute atomic E-state index is 0.0378. The van der Waals surface area contributed by atoms with Gasteiger partial charge >= 0.3 is 30.0 Å². The number of benzene rings is 3. The van der Waals surface area contributed by atoms with Gasteiger partial charge in [0.2, 0.25) is 17.6 Å². The Morgan fingerprint density at radius 3 is 1.45 bits per heavy atom. The van der Waals surface area contributed by atoms with Crippen molar-refractivity contribution in [1.29, 1.82) is 0 Å². The molecule has 0 radical (unpaired) electrons. The number of hydrogen-bond donors (Lipinski definition) is 9. The van der Waals surface area contributed by atoms with Crippen LogP contribution in [-0.4, -0.2) is 316 Å². The number of hydrogen-bond acceptors (Lipinski definition) is 31. The van der Waals surface area contributed by atoms with E-state index in [4.69, 9.17) is 108 Å². The quantitative estimate of drug-likeness (QED) is 0.00541. The number of carbonyl (C=O) groups is 8. The van der Waals surface area contributed by atoms with Crippen molar-refractivity contribution in [2.75, 3.05) is 178 Å². The number of aromatic amines is 1. The first-order valence-electron chi connectivity index (χ1n) is 38.5. The second kappa shape index (κ2) is 59.5. The summed E-state index contributed by atoms with van der Waals surface area (Å²) < 4.78 is 79.4. The van der Waals surface area contributed by atoms with Gasteiger partial charge < -0.3 is 127 Å². The van der Waals surface area contributed by atoms with Crippen LogP contribution in [0, 0.1) is 0 Å². The number of ether oxygens (including phenoxy) is 15. The summed E-state index contributed by atoms with van der Waals surface area (Å²) >= 11 is 6.54. The van der Waals surface area contributed by atoms with Gasteiger partial charge in [0.1, 0.15) is 31.3 Å². The predicted molar refractivity (Wildman–Crippen MR) is 434 cm³/mol. The molecule has 1 aromatic heterocycles. The number of nitrogens with one attached hydrogen (secondary N) is 3. The van der Waals surface area contributed by atoms with Crippen LogP contribution in [0.3, 0.4) is 0 Å². The van der Waals surface area contributed by atoms with Crippen LogP contribution in [0.25, 0.3) is 21.7 Å². The number of anilines is 1. The van der Waals surface area contributed by atoms with Gasteiger partial charge in [-0.05, 0) is 74.3 Å². The molecule has 0 aliphatic carbocycles. The second-order valence-electron chi connectivity index (χ2n) is 26.0. The number of aliphatic hydroxyl groups is 5. The average molecular weight is 1710 g/mol. The molecule has 2 aliphatic rings. The number of methoxy groups -OCH3 is 7. The van der Waals surface area contributed by atoms with Gasteiger partial charge in [-0.15, -0.1) is 11.6 Å². The Balaban J connectivity index is 0.000000523. The molecule has 6 rings (SSSR count). The monoisotopic (exact) mass is 1710 g/mol. The molecule has 3 aromatic carbocycles. The topological polar surface area (TPSA) is 446 Å². The van der Waals surface area contributed by atoms with E-state index in [1.165, 1.54) is 49.8 Å². The Kier molecular flexibility index (Phi) is 52.9. The van der Waals surface area contributed by atoms with Crippen LogP contribution in [0.1, 0.15) is 133 Å². The van der Waals surface area contributed by atoms with Crippen molar-refractivity contribution >= 4 is 108 Å². The second-order valence-corrected chi connectivity index (χ2v) is 29.0. The molecule has 658 valence electrons. The molecule has 9 N–H and O–H groups in total. The third kappa shape index (κ3) is 36.6. The Labute approximate surface area is 691 Å². The highest BCUT2D eigenvalue weighted by atomic mass is 35.5. The smallest absolute Gasteiger partial charge is 0.415 e. The molecule has 9 atom stereocenters. The number of aliphatic carboxylic acids is 1. The number of amides is 4. The van der Waals surface area contributed by atoms with Gasteiger partial charge in [0.25, 0.3) is 5.91 Å². The summed E-state index contributed by atoms with van der Waals surface area (Å²) in [5, 5.41) is 61.1. The van der Waals surface area contributed by atoms with Crippen LogP contribution < -0.4 is 34.5 Å². The minimum atomic E-state index is -0.945. The van der Waals surface area contributed by atoms with Crippen LogP contribution >= 0.6 is 33.2 Å². The van der Waals surface area contributed by atoms with Crippen molar-refractivity contribution in [2.24, 2.45) is 0 Å². The zero-order chi connectivity index (χ0) is 85.9. The van der Waals surface area contributed by atoms with Crippen LogP contribution in [0.5, 0.6) is 23.0 Å². The molecule has 1 fully saturated rings. The number of halogens is 1. The van der Waals surface area contributed by atoms with Crippen LogP contribution in [0.15, 0.2) is 42.5 Å². The first-order chi connectivity index (χ1) is 55.9. The lowest BCUT2D eigenvalue weighted by molar-refractivity contribution is -0.194. The van der Waals surface area contributed by atoms with Crippen molar-refractivity contribution in [3.63, 3.8) is 0 Å². The first kappa shape index (κ1) is 103. The summed E-state index contributed by atoms with van der Waals surface area (Å²) in [4.78, 5) is 106. The fourth-order valence-corrected chi connectivity index (χ4v) is 12.8. The third-order valence-corrected chi connectivity index (χ3v) is 20.3. The molecule has 4 aromatic rings. The van der Waals surface area contributed by atoms with E-state index in [1.54, 1.807) is 49.6 Å². The molecule has 3 heterocycles. The molecule has 0 spiro atoms. The van der Waals surface area contributed by atoms with Gasteiger partial charge in [-0.3, -0.25) is 38.5 Å². The van der Waals surface area contributed by atoms with Crippen LogP contribution in [-0.2, 0) is 80.9 Å². The van der Waals surface area contributed by atoms with Gasteiger partial charge in [-0.25, -0.2) is 4.79 Å². The summed E-state index contributed by atoms with van der Waals surface area (Å²) in [6, 6.07) is 12.9. The molecule has 8 unspecified atom stereocenters. The van der Waals surface area contributed by atoms with E-state index < -0.39 is 61.2 Å². The molecule has 116 heavy (non-hydrogen) atoms. The third-order valence-electron chi connectivity index (χ3n) is 18.1. The number of carboxylic acid groups (broad SMARTS) is 1. The highest BCUT2D eigenvalue weighted by Gasteiger charge is 2.37. The van der Waals surface area contributed by atoms with E-state index in [0.29, 0.717) is 143 Å². The summed E-state index contributed by atoms with van der Waals surface area (Å²) in [7, 11) is 13.7. The number of aliphatic hydroxyl groups excluding tert-OH is 5. The van der Waals surface area contributed by atoms with Crippen molar-refractivity contribution in [3.8, 4) is 23.0 Å². The van der Waals surface area contributed by atoms with Crippen molar-refractivity contribution in [3.05, 3.63) is 53.7 Å². The number of aromatic nitrogens is 1. The lowest BCUT2D eigenvalue weighted by Gasteiger charge is -2.34. The zero-order valence-corrected chi connectivity index (χ0v) is 71.2. The first-order valence-corrected chi connectivity index (χ1v) is 41.8. The van der Waals surface area contributed by atoms with E-state index in [2.05, 4.69) is 20.5 Å². The molecule has 0 bridgehead atoms. The Morgan fingerprint density at radius 1 is 0.560 bits per heavy atom. The number of alkyl halides is 1. The van der Waals surface area contributed by atoms with Gasteiger partial charge in [0.05, 0.1) is 90.0 Å². The summed E-state index contributed by atoms with van der Waals surface area (Å²) in [6.07, 6.45) is 1.49. The van der Waals surface area contributed by atoms with Crippen molar-refractivity contribution < 1.29 is 140 Å². The number of piperazine rings is 1. The normalized spacial score (nSPS) is 15.2. The van der Waals surface area contributed by atoms with E-state index in [0.717, 1.165) is 22.1 Å². The SMILES string of the molecule is CCC(CO)OC(CO)OC.CCC(CO)OC(COC(=O)CCCC(=O)NCCN1CCN(C(=O)Oc2cc3c(c4ccccc24)[C@H](CCl)CN3C(=O)c2cc3cc(OC)c(OC)c(OC)c3[nH]2)CC1)OC.CCC(CO)OC(COC(=O)CCCC(=O)NCCSSC)OC.CCC(CO)OC(COC(=O)CCCC(=O)O)OC. The van der Waals surface area contributed by atoms with E-state index in [9.17, 15) is 43.5 Å². The van der Waals surface area contributed by atoms with Gasteiger partial charge in [-0.2, -0.15) is 0 Å². The molecular weight excluding hydrogens is 1580 g/mol. The van der Waals surface area contributed by atoms with Crippen molar-refractivity contribution in [2.45, 2.75) is 167 Å². The zero-order valence-electron chi connectivity index (χ0n) is 68.8. The number of carbonyl (C=O) groups excluding carboxylic acids is 7. The van der Waals surface area contributed by atoms with Gasteiger partial charge in [0.15, 0.2) is 36.7 Å². The number of fused-ring (bicyclic) bond motifs is 4. The lowest BCUT2D eigenvalue weighted by Crippen LogP contribution is -2.51. The Hall–Kier alpha value is -7.15. The molecule has 35 nitrogen and oxygen atoms in total. The van der Waals surface area contributed by atoms with Crippen molar-refractivity contribution in [1.82, 2.24) is 25.4 Å². The number of nitrogens with zero attached hydrogens (tertiary/aromatic N) is 3. The minimum Gasteiger partial charge on any atom is -0.493 e. The fourth-order valence-electron chi connectivity index (χ4n) is 11.4. The van der Waals surface area contributed by atoms with Crippen LogP contribution in [0.2, 0.25) is 0 Å². The molecule has 2 aliphatic heterocycles. The highest BCUT2D eigenvalue weighted by molar-refractivity contribution is 8.76. The highest BCUT2D eigenvalue weighted by Crippen LogP contribution is 2.47. The maximum atomic E-state index is 14.3. The van der Waals surface area contributed by atoms with Gasteiger partial charge in [0, 0.05) is 154 Å². The molecule has 4 amide bonds. The maximum absolute atomic E-state index is 14.3. The Bertz CT molecular complexity index is 3500. The summed E-state index contributed by atoms with van der Waals surface area (Å²) in [5.74, 6) is -0.261. The maximum Gasteiger partial charge on any atom is 0.415 e. The van der Waals surface area contributed by atoms with E-state index in [1.807, 2.05) is 58.2 Å². The molecule has 0 saturated carbocycles. The summed E-state index contributed by atoms with van der Waals surface area (Å²) in [6.45, 7) is 10.6. The molecular formula is C78H123ClN6O29S2. The fraction of sp³-hybridized carbons (Fsp3) is 0.667. The van der Waals surface area contributed by atoms with Crippen LogP contribution in [0.4, 0.5) is 10.5 Å². The standard InChI is InChI=1S/C44H56ClN5O12.C15H29NO6S2.C12H22O7.C7H16O4/c1-6-29(25-51)61-38(57-3)26-60-37(53)13-9-12-36(52)46-14-15-48-16-18-49(19-17-48)44(55)62-34-22-33-39(31-11-8-7-10-30(31)34)28(23-45)24-50(33)43(54)32-20-27-21-35(56-2)41(58-4)42(59-5)40(27)47-32;1-4-12(10-17)22-15(20-2)11-21-14(19)7-5-6-13(18)16-8-9-24-23-3;1-3-9(7-13)19-12(17-2)8-18-11(16)6-4-5-10(14)15;1-3-6(4-8)11-7(5-9)10-2/h7-8,10-11,20-22,28-29,38,47,51H,6,9,12-19,23-26H2,1-5H3,(H,46,52);12,15,17H,4-11H2,1-3H3,(H,16,18);9,12-13H,3-8H2,1-2H3,(H,14,15);6-9H,3-5H2,1-2H3/t28-,29?,38?;;;/m1.../s1. The number of rotatable bonds is 52. The van der Waals surface area contributed by atoms with E-state index >= 15 is 0 Å². The Morgan fingerprint density at radius 2 is 1.03 bits per heavy atom. The van der Waals surface area contributed by atoms with E-state index in [-0.39, 0.29) is 139 Å². The largest absolute Gasteiger partial charge is 0.493 e. The number of esters is 3.